The molecule has 1 aliphatic rings. The summed E-state index contributed by atoms with van der Waals surface area (Å²) >= 11 is 4.94. The molecule has 0 aliphatic heterocycles. The smallest absolute Gasteiger partial charge is 0.341 e. The summed E-state index contributed by atoms with van der Waals surface area (Å²) in [4.78, 5) is 26.5. The van der Waals surface area contributed by atoms with E-state index in [4.69, 9.17) is 9.47 Å². The minimum absolute atomic E-state index is 0.0422. The SMILES string of the molecule is CCOC(=O)c1c(NC(=O)c2ccc(OC(C)C)c(Br)c2)sc2c1CCCC2. The van der Waals surface area contributed by atoms with Gasteiger partial charge < -0.3 is 14.8 Å². The monoisotopic (exact) mass is 465 g/mol. The summed E-state index contributed by atoms with van der Waals surface area (Å²) in [7, 11) is 0. The number of amides is 1. The molecule has 1 heterocycles. The third-order valence-corrected chi connectivity index (χ3v) is 6.26. The summed E-state index contributed by atoms with van der Waals surface area (Å²) in [5, 5.41) is 3.51. The van der Waals surface area contributed by atoms with Gasteiger partial charge in [0.05, 0.1) is 22.7 Å². The molecule has 5 nitrogen and oxygen atoms in total. The molecule has 0 saturated heterocycles. The second-order valence-corrected chi connectivity index (χ2v) is 8.86. The van der Waals surface area contributed by atoms with E-state index in [1.54, 1.807) is 25.1 Å². The highest BCUT2D eigenvalue weighted by Gasteiger charge is 2.27. The fourth-order valence-corrected chi connectivity index (χ4v) is 4.98. The molecule has 150 valence electrons. The van der Waals surface area contributed by atoms with Gasteiger partial charge in [-0.15, -0.1) is 11.3 Å². The lowest BCUT2D eigenvalue weighted by Gasteiger charge is -2.13. The predicted molar refractivity (Wildman–Crippen MR) is 115 cm³/mol. The van der Waals surface area contributed by atoms with E-state index in [0.717, 1.165) is 31.2 Å². The number of esters is 1. The van der Waals surface area contributed by atoms with Crippen LogP contribution in [0.25, 0.3) is 0 Å². The molecule has 0 radical (unpaired) electrons. The van der Waals surface area contributed by atoms with Crippen molar-refractivity contribution < 1.29 is 19.1 Å². The maximum Gasteiger partial charge on any atom is 0.341 e. The molecule has 0 saturated carbocycles. The van der Waals surface area contributed by atoms with Crippen LogP contribution in [0.2, 0.25) is 0 Å². The number of hydrogen-bond acceptors (Lipinski definition) is 5. The van der Waals surface area contributed by atoms with Crippen LogP contribution >= 0.6 is 27.3 Å². The van der Waals surface area contributed by atoms with E-state index in [1.165, 1.54) is 16.2 Å². The quantitative estimate of drug-likeness (QED) is 0.563. The molecule has 0 fully saturated rings. The number of ether oxygens (including phenoxy) is 2. The zero-order valence-corrected chi connectivity index (χ0v) is 18.7. The van der Waals surface area contributed by atoms with Gasteiger partial charge in [-0.1, -0.05) is 0 Å². The molecule has 7 heteroatoms. The number of carbonyl (C=O) groups is 2. The maximum absolute atomic E-state index is 12.8. The summed E-state index contributed by atoms with van der Waals surface area (Å²) in [5.74, 6) is 0.0605. The van der Waals surface area contributed by atoms with E-state index in [9.17, 15) is 9.59 Å². The number of fused-ring (bicyclic) bond motifs is 1. The van der Waals surface area contributed by atoms with Gasteiger partial charge in [0.25, 0.3) is 5.91 Å². The summed E-state index contributed by atoms with van der Waals surface area (Å²) in [6.45, 7) is 5.99. The first-order valence-electron chi connectivity index (χ1n) is 9.50. The number of nitrogens with one attached hydrogen (secondary N) is 1. The van der Waals surface area contributed by atoms with Crippen molar-refractivity contribution >= 4 is 44.1 Å². The van der Waals surface area contributed by atoms with E-state index in [2.05, 4.69) is 21.2 Å². The van der Waals surface area contributed by atoms with Gasteiger partial charge >= 0.3 is 5.97 Å². The van der Waals surface area contributed by atoms with Crippen molar-refractivity contribution in [1.82, 2.24) is 0 Å². The van der Waals surface area contributed by atoms with Crippen LogP contribution in [0.1, 0.15) is 64.8 Å². The van der Waals surface area contributed by atoms with E-state index in [0.29, 0.717) is 33.0 Å². The van der Waals surface area contributed by atoms with E-state index < -0.39 is 0 Å². The van der Waals surface area contributed by atoms with Crippen LogP contribution in [0.15, 0.2) is 22.7 Å². The van der Waals surface area contributed by atoms with Crippen LogP contribution < -0.4 is 10.1 Å². The van der Waals surface area contributed by atoms with Gasteiger partial charge in [-0.2, -0.15) is 0 Å². The molecule has 1 N–H and O–H groups in total. The lowest BCUT2D eigenvalue weighted by atomic mass is 9.95. The number of anilines is 1. The number of carbonyl (C=O) groups excluding carboxylic acids is 2. The molecule has 0 unspecified atom stereocenters. The molecule has 1 aromatic heterocycles. The van der Waals surface area contributed by atoms with E-state index >= 15 is 0 Å². The highest BCUT2D eigenvalue weighted by atomic mass is 79.9. The Morgan fingerprint density at radius 1 is 1.25 bits per heavy atom. The van der Waals surface area contributed by atoms with Gasteiger partial charge in [0.1, 0.15) is 10.8 Å². The van der Waals surface area contributed by atoms with Gasteiger partial charge in [-0.25, -0.2) is 4.79 Å². The highest BCUT2D eigenvalue weighted by molar-refractivity contribution is 9.10. The Balaban J connectivity index is 1.87. The van der Waals surface area contributed by atoms with Crippen LogP contribution in [-0.2, 0) is 17.6 Å². The average Bonchev–Trinajstić information content (AvgIpc) is 3.01. The van der Waals surface area contributed by atoms with E-state index in [-0.39, 0.29) is 18.0 Å². The lowest BCUT2D eigenvalue weighted by Crippen LogP contribution is -2.16. The predicted octanol–water partition coefficient (Wildman–Crippen LogP) is 5.61. The van der Waals surface area contributed by atoms with E-state index in [1.807, 2.05) is 13.8 Å². The third kappa shape index (κ3) is 4.58. The largest absolute Gasteiger partial charge is 0.490 e. The average molecular weight is 466 g/mol. The number of hydrogen-bond donors (Lipinski definition) is 1. The number of benzene rings is 1. The Hall–Kier alpha value is -1.86. The van der Waals surface area contributed by atoms with Gasteiger partial charge in [0.15, 0.2) is 0 Å². The van der Waals surface area contributed by atoms with Crippen LogP contribution in [0.3, 0.4) is 0 Å². The first-order chi connectivity index (χ1) is 13.4. The molecule has 28 heavy (non-hydrogen) atoms. The topological polar surface area (TPSA) is 64.6 Å². The standard InChI is InChI=1S/C21H24BrNO4S/c1-4-26-21(25)18-14-7-5-6-8-17(14)28-20(18)23-19(24)13-9-10-16(15(22)11-13)27-12(2)3/h9-12H,4-8H2,1-3H3,(H,23,24). The minimum Gasteiger partial charge on any atom is -0.490 e. The summed E-state index contributed by atoms with van der Waals surface area (Å²) in [6, 6.07) is 5.21. The molecule has 0 spiro atoms. The van der Waals surface area contributed by atoms with Crippen molar-refractivity contribution in [2.45, 2.75) is 52.6 Å². The number of halogens is 1. The molecule has 1 amide bonds. The zero-order chi connectivity index (χ0) is 20.3. The highest BCUT2D eigenvalue weighted by Crippen LogP contribution is 2.39. The summed E-state index contributed by atoms with van der Waals surface area (Å²) in [5.41, 5.74) is 2.05. The molecule has 1 aliphatic carbocycles. The Morgan fingerprint density at radius 2 is 2.00 bits per heavy atom. The fourth-order valence-electron chi connectivity index (χ4n) is 3.24. The first-order valence-corrected chi connectivity index (χ1v) is 11.1. The van der Waals surface area contributed by atoms with Gasteiger partial charge in [0.2, 0.25) is 0 Å². The van der Waals surface area contributed by atoms with Crippen molar-refractivity contribution in [3.63, 3.8) is 0 Å². The Bertz CT molecular complexity index is 891. The van der Waals surface area contributed by atoms with Crippen LogP contribution in [0.5, 0.6) is 5.75 Å². The molecule has 0 atom stereocenters. The lowest BCUT2D eigenvalue weighted by molar-refractivity contribution is 0.0526. The van der Waals surface area contributed by atoms with Crippen molar-refractivity contribution in [2.75, 3.05) is 11.9 Å². The van der Waals surface area contributed by atoms with Crippen molar-refractivity contribution in [3.05, 3.63) is 44.2 Å². The Kier molecular flexibility index (Phi) is 6.78. The molecular weight excluding hydrogens is 442 g/mol. The first kappa shape index (κ1) is 20.9. The zero-order valence-electron chi connectivity index (χ0n) is 16.3. The molecular formula is C21H24BrNO4S. The van der Waals surface area contributed by atoms with Crippen LogP contribution in [-0.4, -0.2) is 24.6 Å². The molecule has 1 aromatic carbocycles. The van der Waals surface area contributed by atoms with Gasteiger partial charge in [-0.3, -0.25) is 4.79 Å². The van der Waals surface area contributed by atoms with Gasteiger partial charge in [0, 0.05) is 10.4 Å². The fraction of sp³-hybridized carbons (Fsp3) is 0.429. The number of rotatable bonds is 6. The molecule has 3 rings (SSSR count). The second-order valence-electron chi connectivity index (χ2n) is 6.90. The Labute approximate surface area is 177 Å². The van der Waals surface area contributed by atoms with Crippen molar-refractivity contribution in [1.29, 1.82) is 0 Å². The van der Waals surface area contributed by atoms with Gasteiger partial charge in [-0.05, 0) is 86.1 Å². The summed E-state index contributed by atoms with van der Waals surface area (Å²) < 4.78 is 11.7. The van der Waals surface area contributed by atoms with Crippen LogP contribution in [0.4, 0.5) is 5.00 Å². The van der Waals surface area contributed by atoms with Crippen LogP contribution in [0, 0.1) is 0 Å². The third-order valence-electron chi connectivity index (χ3n) is 4.43. The molecule has 2 aromatic rings. The number of aryl methyl sites for hydroxylation is 1. The maximum atomic E-state index is 12.8. The van der Waals surface area contributed by atoms with Crippen molar-refractivity contribution in [3.8, 4) is 5.75 Å². The molecule has 0 bridgehead atoms. The van der Waals surface area contributed by atoms with Crippen molar-refractivity contribution in [2.24, 2.45) is 0 Å². The normalized spacial score (nSPS) is 13.2. The summed E-state index contributed by atoms with van der Waals surface area (Å²) in [6.07, 6.45) is 3.99. The minimum atomic E-state index is -0.362. The second kappa shape index (κ2) is 9.09. The number of thiophene rings is 1. The Morgan fingerprint density at radius 3 is 2.68 bits per heavy atom.